The van der Waals surface area contributed by atoms with E-state index >= 15 is 0 Å². The van der Waals surface area contributed by atoms with E-state index < -0.39 is 11.6 Å². The molecule has 0 aromatic heterocycles. The Kier molecular flexibility index (Phi) is 7.06. The Balaban J connectivity index is 1.29. The Morgan fingerprint density at radius 1 is 1.17 bits per heavy atom. The van der Waals surface area contributed by atoms with Gasteiger partial charge in [-0.3, -0.25) is 9.59 Å². The van der Waals surface area contributed by atoms with E-state index in [0.29, 0.717) is 36.3 Å². The summed E-state index contributed by atoms with van der Waals surface area (Å²) in [7, 11) is 0. The van der Waals surface area contributed by atoms with E-state index in [0.717, 1.165) is 43.7 Å². The van der Waals surface area contributed by atoms with Crippen LogP contribution in [0.4, 0.5) is 0 Å². The fourth-order valence-corrected chi connectivity index (χ4v) is 7.14. The smallest absolute Gasteiger partial charge is 0.303 e. The Labute approximate surface area is 213 Å². The molecule has 35 heavy (non-hydrogen) atoms. The van der Waals surface area contributed by atoms with Gasteiger partial charge in [-0.15, -0.1) is 0 Å². The van der Waals surface area contributed by atoms with Crippen LogP contribution in [0.15, 0.2) is 18.2 Å². The first kappa shape index (κ1) is 24.9. The molecule has 1 spiro atoms. The van der Waals surface area contributed by atoms with E-state index in [-0.39, 0.29) is 23.9 Å². The molecule has 1 aromatic carbocycles. The van der Waals surface area contributed by atoms with E-state index in [4.69, 9.17) is 21.1 Å². The van der Waals surface area contributed by atoms with Crippen LogP contribution in [0, 0.1) is 17.3 Å². The van der Waals surface area contributed by atoms with Crippen molar-refractivity contribution < 1.29 is 24.2 Å². The molecule has 3 atom stereocenters. The Morgan fingerprint density at radius 2 is 1.91 bits per heavy atom. The molecule has 1 aliphatic carbocycles. The molecule has 1 saturated carbocycles. The van der Waals surface area contributed by atoms with E-state index in [2.05, 4.69) is 4.90 Å². The minimum absolute atomic E-state index is 0.00724. The third-order valence-electron chi connectivity index (χ3n) is 9.19. The van der Waals surface area contributed by atoms with Crippen LogP contribution in [0.5, 0.6) is 5.75 Å². The molecule has 3 heterocycles. The molecule has 5 rings (SSSR count). The summed E-state index contributed by atoms with van der Waals surface area (Å²) in [5.41, 5.74) is 0.322. The predicted octanol–water partition coefficient (Wildman–Crippen LogP) is 6.01. The van der Waals surface area contributed by atoms with E-state index in [9.17, 15) is 14.7 Å². The lowest BCUT2D eigenvalue weighted by atomic mass is 9.63. The number of piperidine rings is 1. The molecule has 3 fully saturated rings. The zero-order valence-corrected chi connectivity index (χ0v) is 21.5. The summed E-state index contributed by atoms with van der Waals surface area (Å²) in [5, 5.41) is 10.0. The molecule has 192 valence electrons. The van der Waals surface area contributed by atoms with Crippen molar-refractivity contribution in [2.45, 2.75) is 89.3 Å². The highest BCUT2D eigenvalue weighted by atomic mass is 35.5. The number of nitrogens with zero attached hydrogens (tertiary/aromatic N) is 1. The van der Waals surface area contributed by atoms with Gasteiger partial charge >= 0.3 is 5.97 Å². The van der Waals surface area contributed by atoms with E-state index in [1.165, 1.54) is 32.1 Å². The van der Waals surface area contributed by atoms with Crippen LogP contribution >= 0.6 is 11.6 Å². The van der Waals surface area contributed by atoms with Gasteiger partial charge in [-0.2, -0.15) is 0 Å². The van der Waals surface area contributed by atoms with Crippen molar-refractivity contribution in [2.75, 3.05) is 19.7 Å². The Hall–Kier alpha value is -1.79. The summed E-state index contributed by atoms with van der Waals surface area (Å²) < 4.78 is 13.1. The third-order valence-corrected chi connectivity index (χ3v) is 9.43. The van der Waals surface area contributed by atoms with Gasteiger partial charge in [-0.25, -0.2) is 0 Å². The third kappa shape index (κ3) is 5.20. The molecule has 4 aliphatic rings. The van der Waals surface area contributed by atoms with Crippen LogP contribution < -0.4 is 4.74 Å². The summed E-state index contributed by atoms with van der Waals surface area (Å²) >= 11 is 6.31. The lowest BCUT2D eigenvalue weighted by Crippen LogP contribution is -2.56. The van der Waals surface area contributed by atoms with Crippen molar-refractivity contribution >= 4 is 23.5 Å². The minimum atomic E-state index is -0.815. The number of carboxylic acids is 1. The largest absolute Gasteiger partial charge is 0.487 e. The van der Waals surface area contributed by atoms with Gasteiger partial charge in [-0.05, 0) is 75.0 Å². The first-order valence-electron chi connectivity index (χ1n) is 13.4. The molecule has 6 nitrogen and oxygen atoms in total. The number of ether oxygens (including phenoxy) is 2. The summed E-state index contributed by atoms with van der Waals surface area (Å²) in [4.78, 5) is 26.5. The highest BCUT2D eigenvalue weighted by Gasteiger charge is 2.54. The summed E-state index contributed by atoms with van der Waals surface area (Å²) in [5.74, 6) is 0.836. The number of amides is 1. The van der Waals surface area contributed by atoms with Crippen molar-refractivity contribution in [2.24, 2.45) is 17.3 Å². The predicted molar refractivity (Wildman–Crippen MR) is 134 cm³/mol. The first-order valence-corrected chi connectivity index (χ1v) is 13.7. The average Bonchev–Trinajstić information content (AvgIpc) is 2.85. The molecule has 0 radical (unpaired) electrons. The molecule has 2 saturated heterocycles. The fourth-order valence-electron chi connectivity index (χ4n) is 6.96. The summed E-state index contributed by atoms with van der Waals surface area (Å²) in [6.07, 6.45) is 10.00. The van der Waals surface area contributed by atoms with Crippen molar-refractivity contribution in [3.05, 3.63) is 28.8 Å². The number of carbonyl (C=O) groups excluding carboxylic acids is 1. The van der Waals surface area contributed by atoms with Gasteiger partial charge in [0, 0.05) is 42.4 Å². The van der Waals surface area contributed by atoms with Crippen LogP contribution in [0.3, 0.4) is 0 Å². The zero-order valence-electron chi connectivity index (χ0n) is 20.8. The van der Waals surface area contributed by atoms with E-state index in [1.807, 2.05) is 25.1 Å². The lowest BCUT2D eigenvalue weighted by molar-refractivity contribution is -0.183. The van der Waals surface area contributed by atoms with E-state index in [1.54, 1.807) is 0 Å². The second-order valence-electron chi connectivity index (χ2n) is 11.6. The minimum Gasteiger partial charge on any atom is -0.487 e. The maximum absolute atomic E-state index is 13.0. The van der Waals surface area contributed by atoms with Crippen LogP contribution in [-0.4, -0.2) is 47.2 Å². The number of aliphatic carboxylic acids is 1. The fraction of sp³-hybridized carbons (Fsp3) is 0.714. The number of likely N-dealkylation sites (tertiary alicyclic amines) is 1. The number of fused-ring (bicyclic) bond motifs is 3. The normalized spacial score (nSPS) is 30.3. The van der Waals surface area contributed by atoms with Crippen molar-refractivity contribution in [1.82, 2.24) is 4.90 Å². The molecule has 0 unspecified atom stereocenters. The lowest BCUT2D eigenvalue weighted by Gasteiger charge is -2.55. The van der Waals surface area contributed by atoms with Gasteiger partial charge in [-0.1, -0.05) is 30.9 Å². The number of carboxylic acid groups (broad SMARTS) is 1. The van der Waals surface area contributed by atoms with Crippen molar-refractivity contribution in [1.29, 1.82) is 0 Å². The first-order chi connectivity index (χ1) is 16.8. The molecule has 1 amide bonds. The number of halogens is 1. The van der Waals surface area contributed by atoms with Gasteiger partial charge in [0.2, 0.25) is 5.91 Å². The van der Waals surface area contributed by atoms with Gasteiger partial charge in [0.25, 0.3) is 0 Å². The highest BCUT2D eigenvalue weighted by Crippen LogP contribution is 2.57. The van der Waals surface area contributed by atoms with Gasteiger partial charge in [0.05, 0.1) is 12.7 Å². The molecule has 3 aliphatic heterocycles. The van der Waals surface area contributed by atoms with Crippen molar-refractivity contribution in [3.8, 4) is 5.75 Å². The van der Waals surface area contributed by atoms with Crippen molar-refractivity contribution in [3.63, 3.8) is 0 Å². The second-order valence-corrected chi connectivity index (χ2v) is 12.1. The van der Waals surface area contributed by atoms with Crippen LogP contribution in [-0.2, 0) is 14.3 Å². The SMILES string of the molecule is C[C@]1(CCC(=O)O)Oc2ccc(Cl)cc2[C@@H]2OCC3(CCN(C(=O)CC4CCCCC4)CC3)C[C@H]21. The monoisotopic (exact) mass is 503 g/mol. The van der Waals surface area contributed by atoms with Crippen LogP contribution in [0.25, 0.3) is 0 Å². The highest BCUT2D eigenvalue weighted by molar-refractivity contribution is 6.30. The van der Waals surface area contributed by atoms with Gasteiger partial charge in [0.15, 0.2) is 0 Å². The molecular formula is C28H38ClNO5. The van der Waals surface area contributed by atoms with Crippen LogP contribution in [0.2, 0.25) is 5.02 Å². The standard InChI is InChI=1S/C28H38ClNO5/c1-27(10-9-25(32)33)22-17-28(18-34-26(22)21-16-20(29)7-8-23(21)35-27)11-13-30(14-12-28)24(31)15-19-5-3-2-4-6-19/h7-8,16,19,22,26H,2-6,9-15,17-18H2,1H3,(H,32,33)/t22-,26+,27-/m1/s1. The molecular weight excluding hydrogens is 466 g/mol. The number of benzene rings is 1. The summed E-state index contributed by atoms with van der Waals surface area (Å²) in [6, 6.07) is 5.61. The number of hydrogen-bond donors (Lipinski definition) is 1. The second kappa shape index (κ2) is 9.93. The molecule has 1 aromatic rings. The summed E-state index contributed by atoms with van der Waals surface area (Å²) in [6.45, 7) is 4.25. The van der Waals surface area contributed by atoms with Crippen LogP contribution in [0.1, 0.15) is 89.2 Å². The quantitative estimate of drug-likeness (QED) is 0.532. The molecule has 0 bridgehead atoms. The Bertz CT molecular complexity index is 953. The Morgan fingerprint density at radius 3 is 2.63 bits per heavy atom. The number of hydrogen-bond acceptors (Lipinski definition) is 4. The zero-order chi connectivity index (χ0) is 24.6. The molecule has 7 heteroatoms. The average molecular weight is 504 g/mol. The van der Waals surface area contributed by atoms with Gasteiger partial charge < -0.3 is 19.5 Å². The maximum Gasteiger partial charge on any atom is 0.303 e. The topological polar surface area (TPSA) is 76.1 Å². The number of carbonyl (C=O) groups is 2. The van der Waals surface area contributed by atoms with Gasteiger partial charge in [0.1, 0.15) is 11.4 Å². The number of rotatable bonds is 5. The maximum atomic E-state index is 13.0. The molecule has 1 N–H and O–H groups in total.